The second-order valence-electron chi connectivity index (χ2n) is 5.97. The molecule has 122 valence electrons. The maximum absolute atomic E-state index is 12.8. The van der Waals surface area contributed by atoms with E-state index in [-0.39, 0.29) is 24.6 Å². The lowest BCUT2D eigenvalue weighted by molar-refractivity contribution is -0.169. The number of hydrogen-bond acceptors (Lipinski definition) is 3. The number of hydrogen-bond donors (Lipinski definition) is 1. The Balaban J connectivity index is 2.09. The van der Waals surface area contributed by atoms with Gasteiger partial charge >= 0.3 is 6.18 Å². The first-order valence-corrected chi connectivity index (χ1v) is 7.52. The molecule has 1 amide bonds. The summed E-state index contributed by atoms with van der Waals surface area (Å²) in [5, 5.41) is 3.12. The average Bonchev–Trinajstić information content (AvgIpc) is 3.14. The van der Waals surface area contributed by atoms with Crippen LogP contribution >= 0.6 is 0 Å². The van der Waals surface area contributed by atoms with Crippen molar-refractivity contribution in [3.8, 4) is 0 Å². The lowest BCUT2D eigenvalue weighted by Gasteiger charge is -2.33. The maximum Gasteiger partial charge on any atom is 0.406 e. The van der Waals surface area contributed by atoms with Crippen molar-refractivity contribution in [2.45, 2.75) is 44.9 Å². The fourth-order valence-electron chi connectivity index (χ4n) is 2.92. The zero-order valence-electron chi connectivity index (χ0n) is 12.4. The van der Waals surface area contributed by atoms with Gasteiger partial charge in [0.1, 0.15) is 6.54 Å². The van der Waals surface area contributed by atoms with Crippen molar-refractivity contribution in [2.75, 3.05) is 26.3 Å². The third kappa shape index (κ3) is 4.32. The molecule has 4 nitrogen and oxygen atoms in total. The number of carbonyl (C=O) groups excluding carboxylic acids is 1. The molecule has 1 N–H and O–H groups in total. The summed E-state index contributed by atoms with van der Waals surface area (Å²) in [5.74, 6) is -0.750. The molecule has 3 unspecified atom stereocenters. The van der Waals surface area contributed by atoms with Gasteiger partial charge in [0.2, 0.25) is 5.91 Å². The molecule has 0 bridgehead atoms. The summed E-state index contributed by atoms with van der Waals surface area (Å²) in [7, 11) is 0. The number of amides is 1. The minimum Gasteiger partial charge on any atom is -0.379 e. The van der Waals surface area contributed by atoms with Crippen molar-refractivity contribution < 1.29 is 22.7 Å². The zero-order chi connectivity index (χ0) is 15.6. The van der Waals surface area contributed by atoms with Crippen LogP contribution in [0.5, 0.6) is 0 Å². The fraction of sp³-hybridized carbons (Fsp3) is 0.929. The van der Waals surface area contributed by atoms with E-state index in [2.05, 4.69) is 5.32 Å². The van der Waals surface area contributed by atoms with Gasteiger partial charge in [-0.1, -0.05) is 6.92 Å². The van der Waals surface area contributed by atoms with Crippen LogP contribution in [0.1, 0.15) is 26.7 Å². The van der Waals surface area contributed by atoms with E-state index in [4.69, 9.17) is 4.74 Å². The topological polar surface area (TPSA) is 41.6 Å². The Morgan fingerprint density at radius 2 is 2.05 bits per heavy atom. The molecule has 21 heavy (non-hydrogen) atoms. The largest absolute Gasteiger partial charge is 0.406 e. The number of nitrogens with one attached hydrogen (secondary N) is 1. The standard InChI is InChI=1S/C14H23F3N2O2/c1-3-18-12-7-21-6-11(12)13(20)19(8-14(15,16)17)9(2)10-4-5-10/h9-12,18H,3-8H2,1-2H3. The summed E-state index contributed by atoms with van der Waals surface area (Å²) in [6, 6.07) is -0.549. The number of alkyl halides is 3. The first kappa shape index (κ1) is 16.5. The molecule has 1 aliphatic carbocycles. The molecule has 1 saturated heterocycles. The van der Waals surface area contributed by atoms with Crippen molar-refractivity contribution in [1.82, 2.24) is 10.2 Å². The minimum atomic E-state index is -4.37. The molecule has 2 rings (SSSR count). The van der Waals surface area contributed by atoms with Crippen LogP contribution in [-0.4, -0.2) is 55.4 Å². The van der Waals surface area contributed by atoms with Crippen molar-refractivity contribution in [1.29, 1.82) is 0 Å². The number of rotatable bonds is 6. The van der Waals surface area contributed by atoms with E-state index in [1.54, 1.807) is 6.92 Å². The Morgan fingerprint density at radius 3 is 2.57 bits per heavy atom. The Kier molecular flexibility index (Phi) is 5.14. The quantitative estimate of drug-likeness (QED) is 0.813. The van der Waals surface area contributed by atoms with E-state index < -0.39 is 24.5 Å². The van der Waals surface area contributed by atoms with E-state index in [1.807, 2.05) is 6.92 Å². The van der Waals surface area contributed by atoms with Crippen LogP contribution in [-0.2, 0) is 9.53 Å². The van der Waals surface area contributed by atoms with Gasteiger partial charge in [0.15, 0.2) is 0 Å². The van der Waals surface area contributed by atoms with Crippen LogP contribution in [0.25, 0.3) is 0 Å². The van der Waals surface area contributed by atoms with Crippen LogP contribution < -0.4 is 5.32 Å². The number of nitrogens with zero attached hydrogens (tertiary/aromatic N) is 1. The molecule has 1 aliphatic heterocycles. The third-order valence-corrected chi connectivity index (χ3v) is 4.29. The first-order valence-electron chi connectivity index (χ1n) is 7.52. The molecule has 0 aromatic rings. The van der Waals surface area contributed by atoms with Gasteiger partial charge in [-0.15, -0.1) is 0 Å². The van der Waals surface area contributed by atoms with Crippen LogP contribution in [0.4, 0.5) is 13.2 Å². The van der Waals surface area contributed by atoms with Gasteiger partial charge in [0.25, 0.3) is 0 Å². The molecule has 0 radical (unpaired) electrons. The molecule has 7 heteroatoms. The lowest BCUT2D eigenvalue weighted by Crippen LogP contribution is -2.52. The van der Waals surface area contributed by atoms with Crippen molar-refractivity contribution in [3.63, 3.8) is 0 Å². The summed E-state index contributed by atoms with van der Waals surface area (Å²) < 4.78 is 43.7. The number of ether oxygens (including phenoxy) is 1. The molecule has 2 aliphatic rings. The summed E-state index contributed by atoms with van der Waals surface area (Å²) in [5.41, 5.74) is 0. The van der Waals surface area contributed by atoms with E-state index in [9.17, 15) is 18.0 Å². The molecular formula is C14H23F3N2O2. The Morgan fingerprint density at radius 1 is 1.38 bits per heavy atom. The van der Waals surface area contributed by atoms with Crippen LogP contribution in [0.15, 0.2) is 0 Å². The SMILES string of the molecule is CCNC1COCC1C(=O)N(CC(F)(F)F)C(C)C1CC1. The van der Waals surface area contributed by atoms with Gasteiger partial charge in [-0.05, 0) is 32.2 Å². The summed E-state index contributed by atoms with van der Waals surface area (Å²) in [6.07, 6.45) is -2.56. The summed E-state index contributed by atoms with van der Waals surface area (Å²) in [4.78, 5) is 13.6. The first-order chi connectivity index (χ1) is 9.83. The van der Waals surface area contributed by atoms with Crippen molar-refractivity contribution >= 4 is 5.91 Å². The van der Waals surface area contributed by atoms with Gasteiger partial charge in [-0.2, -0.15) is 13.2 Å². The predicted octanol–water partition coefficient (Wildman–Crippen LogP) is 1.80. The van der Waals surface area contributed by atoms with Gasteiger partial charge in [0, 0.05) is 12.1 Å². The molecule has 1 saturated carbocycles. The third-order valence-electron chi connectivity index (χ3n) is 4.29. The summed E-state index contributed by atoms with van der Waals surface area (Å²) >= 11 is 0. The van der Waals surface area contributed by atoms with E-state index in [1.165, 1.54) is 0 Å². The lowest BCUT2D eigenvalue weighted by atomic mass is 10.00. The highest BCUT2D eigenvalue weighted by atomic mass is 19.4. The van der Waals surface area contributed by atoms with Crippen LogP contribution in [0.2, 0.25) is 0 Å². The molecule has 3 atom stereocenters. The van der Waals surface area contributed by atoms with Crippen molar-refractivity contribution in [3.05, 3.63) is 0 Å². The normalized spacial score (nSPS) is 27.7. The number of likely N-dealkylation sites (N-methyl/N-ethyl adjacent to an activating group) is 1. The zero-order valence-corrected chi connectivity index (χ0v) is 12.4. The van der Waals surface area contributed by atoms with E-state index in [0.29, 0.717) is 13.2 Å². The molecule has 1 heterocycles. The monoisotopic (exact) mass is 308 g/mol. The van der Waals surface area contributed by atoms with Crippen molar-refractivity contribution in [2.24, 2.45) is 11.8 Å². The molecular weight excluding hydrogens is 285 g/mol. The average molecular weight is 308 g/mol. The van der Waals surface area contributed by atoms with Crippen LogP contribution in [0.3, 0.4) is 0 Å². The molecule has 0 spiro atoms. The van der Waals surface area contributed by atoms with Crippen LogP contribution in [0, 0.1) is 11.8 Å². The van der Waals surface area contributed by atoms with E-state index in [0.717, 1.165) is 17.7 Å². The van der Waals surface area contributed by atoms with Gasteiger partial charge in [-0.3, -0.25) is 4.79 Å². The van der Waals surface area contributed by atoms with Gasteiger partial charge < -0.3 is 15.0 Å². The smallest absolute Gasteiger partial charge is 0.379 e. The Hall–Kier alpha value is -0.820. The molecule has 2 fully saturated rings. The summed E-state index contributed by atoms with van der Waals surface area (Å²) in [6.45, 7) is 3.69. The maximum atomic E-state index is 12.8. The highest BCUT2D eigenvalue weighted by Crippen LogP contribution is 2.37. The highest BCUT2D eigenvalue weighted by molar-refractivity contribution is 5.80. The Labute approximate surface area is 123 Å². The highest BCUT2D eigenvalue weighted by Gasteiger charge is 2.44. The number of halogens is 3. The Bertz CT molecular complexity index is 372. The predicted molar refractivity (Wildman–Crippen MR) is 71.7 cm³/mol. The fourth-order valence-corrected chi connectivity index (χ4v) is 2.92. The van der Waals surface area contributed by atoms with Gasteiger partial charge in [0.05, 0.1) is 19.1 Å². The van der Waals surface area contributed by atoms with E-state index >= 15 is 0 Å². The second kappa shape index (κ2) is 6.52. The minimum absolute atomic E-state index is 0.190. The second-order valence-corrected chi connectivity index (χ2v) is 5.97. The molecule has 0 aromatic heterocycles. The molecule has 0 aromatic carbocycles. The number of carbonyl (C=O) groups is 1. The van der Waals surface area contributed by atoms with Gasteiger partial charge in [-0.25, -0.2) is 0 Å².